The van der Waals surface area contributed by atoms with Crippen LogP contribution in [0.3, 0.4) is 0 Å². The molecule has 0 aromatic heterocycles. The molecule has 2 saturated heterocycles. The number of halogens is 3. The van der Waals surface area contributed by atoms with Crippen molar-refractivity contribution in [2.24, 2.45) is 0 Å². The zero-order chi connectivity index (χ0) is 18.8. The molecule has 2 N–H and O–H groups in total. The van der Waals surface area contributed by atoms with E-state index in [0.717, 1.165) is 19.2 Å². The van der Waals surface area contributed by atoms with E-state index in [1.165, 1.54) is 12.1 Å². The van der Waals surface area contributed by atoms with Gasteiger partial charge in [-0.15, -0.1) is 0 Å². The van der Waals surface area contributed by atoms with Gasteiger partial charge in [0.15, 0.2) is 0 Å². The van der Waals surface area contributed by atoms with Crippen molar-refractivity contribution in [1.29, 1.82) is 0 Å². The van der Waals surface area contributed by atoms with Crippen LogP contribution in [0.25, 0.3) is 0 Å². The summed E-state index contributed by atoms with van der Waals surface area (Å²) in [6.07, 6.45) is -3.77. The fourth-order valence-electron chi connectivity index (χ4n) is 3.33. The van der Waals surface area contributed by atoms with Crippen LogP contribution in [0.4, 0.5) is 18.0 Å². The van der Waals surface area contributed by atoms with E-state index in [0.29, 0.717) is 38.2 Å². The number of ether oxygens (including phenoxy) is 1. The van der Waals surface area contributed by atoms with Crippen LogP contribution in [0.5, 0.6) is 0 Å². The molecule has 144 valence electrons. The molecule has 2 amide bonds. The van der Waals surface area contributed by atoms with Gasteiger partial charge in [-0.2, -0.15) is 13.2 Å². The Morgan fingerprint density at radius 3 is 2.85 bits per heavy atom. The number of nitrogens with one attached hydrogen (secondary N) is 2. The number of rotatable bonds is 4. The van der Waals surface area contributed by atoms with Crippen molar-refractivity contribution in [3.63, 3.8) is 0 Å². The van der Waals surface area contributed by atoms with Crippen LogP contribution in [0.15, 0.2) is 24.3 Å². The van der Waals surface area contributed by atoms with E-state index in [-0.39, 0.29) is 17.6 Å². The Morgan fingerprint density at radius 2 is 2.19 bits per heavy atom. The number of carbonyl (C=O) groups is 1. The quantitative estimate of drug-likeness (QED) is 0.856. The van der Waals surface area contributed by atoms with E-state index in [9.17, 15) is 18.0 Å². The molecule has 1 unspecified atom stereocenters. The van der Waals surface area contributed by atoms with Gasteiger partial charge in [-0.3, -0.25) is 0 Å². The molecule has 2 aliphatic heterocycles. The zero-order valence-electron chi connectivity index (χ0n) is 14.7. The summed E-state index contributed by atoms with van der Waals surface area (Å²) in [6.45, 7) is 5.43. The number of benzene rings is 1. The number of morpholine rings is 1. The van der Waals surface area contributed by atoms with Gasteiger partial charge in [0.2, 0.25) is 0 Å². The van der Waals surface area contributed by atoms with Gasteiger partial charge in [-0.05, 0) is 24.0 Å². The first-order valence-corrected chi connectivity index (χ1v) is 8.84. The monoisotopic (exact) mass is 371 g/mol. The lowest BCUT2D eigenvalue weighted by Crippen LogP contribution is -2.70. The molecule has 3 rings (SSSR count). The Bertz CT molecular complexity index is 647. The number of hydrogen-bond acceptors (Lipinski definition) is 3. The van der Waals surface area contributed by atoms with Crippen LogP contribution in [-0.4, -0.2) is 55.9 Å². The van der Waals surface area contributed by atoms with Gasteiger partial charge < -0.3 is 20.3 Å². The van der Waals surface area contributed by atoms with E-state index in [1.54, 1.807) is 11.0 Å². The Kier molecular flexibility index (Phi) is 5.43. The van der Waals surface area contributed by atoms with Crippen molar-refractivity contribution < 1.29 is 22.7 Å². The van der Waals surface area contributed by atoms with Gasteiger partial charge in [0.05, 0.1) is 18.7 Å². The molecule has 2 fully saturated rings. The van der Waals surface area contributed by atoms with Crippen LogP contribution in [0, 0.1) is 0 Å². The van der Waals surface area contributed by atoms with Crippen LogP contribution < -0.4 is 10.6 Å². The zero-order valence-corrected chi connectivity index (χ0v) is 14.7. The number of carbonyl (C=O) groups excluding carboxylic acids is 1. The Balaban J connectivity index is 1.47. The lowest BCUT2D eigenvalue weighted by Gasteiger charge is -2.48. The summed E-state index contributed by atoms with van der Waals surface area (Å²) in [5.41, 5.74) is -0.264. The predicted molar refractivity (Wildman–Crippen MR) is 91.0 cm³/mol. The maximum atomic E-state index is 12.8. The van der Waals surface area contributed by atoms with E-state index >= 15 is 0 Å². The second-order valence-corrected chi connectivity index (χ2v) is 7.10. The molecule has 0 bridgehead atoms. The minimum absolute atomic E-state index is 0.0792. The number of hydrogen-bond donors (Lipinski definition) is 2. The molecule has 1 atom stereocenters. The first kappa shape index (κ1) is 19.0. The molecule has 0 radical (unpaired) electrons. The average molecular weight is 371 g/mol. The molecule has 8 heteroatoms. The Hall–Kier alpha value is -1.80. The smallest absolute Gasteiger partial charge is 0.369 e. The predicted octanol–water partition coefficient (Wildman–Crippen LogP) is 2.58. The third kappa shape index (κ3) is 4.29. The van der Waals surface area contributed by atoms with Gasteiger partial charge in [-0.25, -0.2) is 4.79 Å². The van der Waals surface area contributed by atoms with Crippen molar-refractivity contribution in [3.8, 4) is 0 Å². The summed E-state index contributed by atoms with van der Waals surface area (Å²) < 4.78 is 44.2. The maximum Gasteiger partial charge on any atom is 0.416 e. The van der Waals surface area contributed by atoms with Gasteiger partial charge in [0.25, 0.3) is 0 Å². The summed E-state index contributed by atoms with van der Waals surface area (Å²) in [5.74, 6) is -0.0792. The third-order valence-corrected chi connectivity index (χ3v) is 5.07. The van der Waals surface area contributed by atoms with Crippen LogP contribution in [0.1, 0.15) is 30.4 Å². The van der Waals surface area contributed by atoms with E-state index in [4.69, 9.17) is 4.74 Å². The molecule has 0 saturated carbocycles. The highest BCUT2D eigenvalue weighted by molar-refractivity contribution is 5.74. The van der Waals surface area contributed by atoms with Crippen LogP contribution in [0.2, 0.25) is 0 Å². The van der Waals surface area contributed by atoms with E-state index < -0.39 is 11.7 Å². The average Bonchev–Trinajstić information content (AvgIpc) is 2.59. The number of urea groups is 1. The van der Waals surface area contributed by atoms with Gasteiger partial charge in [-0.1, -0.05) is 25.1 Å². The van der Waals surface area contributed by atoms with Crippen molar-refractivity contribution in [2.75, 3.05) is 39.3 Å². The second kappa shape index (κ2) is 7.44. The van der Waals surface area contributed by atoms with Gasteiger partial charge in [0, 0.05) is 26.2 Å². The molecular weight excluding hydrogens is 347 g/mol. The summed E-state index contributed by atoms with van der Waals surface area (Å²) in [7, 11) is 0. The maximum absolute atomic E-state index is 12.8. The van der Waals surface area contributed by atoms with Crippen molar-refractivity contribution in [2.45, 2.75) is 31.0 Å². The SMILES string of the molecule is CC(CCNC(=O)N1CCOC2(CNC2)C1)c1cccc(C(F)(F)F)c1. The fourth-order valence-corrected chi connectivity index (χ4v) is 3.33. The van der Waals surface area contributed by atoms with E-state index in [1.807, 2.05) is 6.92 Å². The Labute approximate surface area is 150 Å². The van der Waals surface area contributed by atoms with Crippen molar-refractivity contribution in [1.82, 2.24) is 15.5 Å². The topological polar surface area (TPSA) is 53.6 Å². The molecule has 26 heavy (non-hydrogen) atoms. The molecule has 2 heterocycles. The molecular formula is C18H24F3N3O2. The standard InChI is InChI=1S/C18H24F3N3O2/c1-13(14-3-2-4-15(9-14)18(19,20)21)5-6-23-16(25)24-7-8-26-17(12-24)10-22-11-17/h2-4,9,13,22H,5-8,10-12H2,1H3,(H,23,25). The van der Waals surface area contributed by atoms with Crippen molar-refractivity contribution >= 4 is 6.03 Å². The molecule has 1 aromatic rings. The number of amides is 2. The van der Waals surface area contributed by atoms with Crippen LogP contribution >= 0.6 is 0 Å². The highest BCUT2D eigenvalue weighted by Crippen LogP contribution is 2.31. The Morgan fingerprint density at radius 1 is 1.42 bits per heavy atom. The highest BCUT2D eigenvalue weighted by atomic mass is 19.4. The highest BCUT2D eigenvalue weighted by Gasteiger charge is 2.43. The lowest BCUT2D eigenvalue weighted by molar-refractivity contribution is -0.137. The summed E-state index contributed by atoms with van der Waals surface area (Å²) in [6, 6.07) is 5.23. The van der Waals surface area contributed by atoms with Crippen molar-refractivity contribution in [3.05, 3.63) is 35.4 Å². The number of nitrogens with zero attached hydrogens (tertiary/aromatic N) is 1. The molecule has 1 spiro atoms. The first-order chi connectivity index (χ1) is 12.3. The molecule has 0 aliphatic carbocycles. The summed E-state index contributed by atoms with van der Waals surface area (Å²) >= 11 is 0. The summed E-state index contributed by atoms with van der Waals surface area (Å²) in [5, 5.41) is 6.03. The second-order valence-electron chi connectivity index (χ2n) is 7.10. The first-order valence-electron chi connectivity index (χ1n) is 8.84. The largest absolute Gasteiger partial charge is 0.416 e. The third-order valence-electron chi connectivity index (χ3n) is 5.07. The van der Waals surface area contributed by atoms with Gasteiger partial charge >= 0.3 is 12.2 Å². The lowest BCUT2D eigenvalue weighted by atomic mass is 9.95. The molecule has 1 aromatic carbocycles. The van der Waals surface area contributed by atoms with Crippen LogP contribution in [-0.2, 0) is 10.9 Å². The normalized spacial score (nSPS) is 20.5. The van der Waals surface area contributed by atoms with Gasteiger partial charge in [0.1, 0.15) is 5.60 Å². The fraction of sp³-hybridized carbons (Fsp3) is 0.611. The molecule has 2 aliphatic rings. The summed E-state index contributed by atoms with van der Waals surface area (Å²) in [4.78, 5) is 14.1. The van der Waals surface area contributed by atoms with E-state index in [2.05, 4.69) is 10.6 Å². The number of alkyl halides is 3. The molecule has 5 nitrogen and oxygen atoms in total. The minimum atomic E-state index is -4.34. The minimum Gasteiger partial charge on any atom is -0.369 e.